The fourth-order valence-electron chi connectivity index (χ4n) is 2.69. The number of pyridine rings is 1. The van der Waals surface area contributed by atoms with Crippen LogP contribution in [0.2, 0.25) is 0 Å². The van der Waals surface area contributed by atoms with Gasteiger partial charge in [0.05, 0.1) is 11.6 Å². The molecule has 172 valence electrons. The molecule has 1 N–H and O–H groups in total. The Morgan fingerprint density at radius 1 is 1.06 bits per heavy atom. The number of nitrogens with one attached hydrogen (secondary N) is 1. The molecule has 0 fully saturated rings. The molecule has 1 unspecified atom stereocenters. The number of thioether (sulfide) groups is 1. The lowest BCUT2D eigenvalue weighted by Gasteiger charge is -2.13. The first-order chi connectivity index (χ1) is 14.6. The number of aldehydes is 1. The molecule has 0 spiro atoms. The van der Waals surface area contributed by atoms with Crippen LogP contribution in [0, 0.1) is 0 Å². The van der Waals surface area contributed by atoms with Crippen molar-refractivity contribution < 1.29 is 18.0 Å². The Balaban J connectivity index is 2.34. The maximum atomic E-state index is 12.6. The molecule has 0 bridgehead atoms. The lowest BCUT2D eigenvalue weighted by molar-refractivity contribution is -0.137. The second-order valence-corrected chi connectivity index (χ2v) is 8.89. The van der Waals surface area contributed by atoms with Crippen LogP contribution in [0.4, 0.5) is 19.0 Å². The van der Waals surface area contributed by atoms with E-state index in [0.717, 1.165) is 50.0 Å². The van der Waals surface area contributed by atoms with Gasteiger partial charge in [-0.2, -0.15) is 24.9 Å². The Hall–Kier alpha value is -2.02. The van der Waals surface area contributed by atoms with Gasteiger partial charge in [0, 0.05) is 17.7 Å². The van der Waals surface area contributed by atoms with Crippen molar-refractivity contribution in [3.63, 3.8) is 0 Å². The van der Waals surface area contributed by atoms with Gasteiger partial charge < -0.3 is 10.1 Å². The monoisotopic (exact) mass is 454 g/mol. The third-order valence-electron chi connectivity index (χ3n) is 4.56. The second-order valence-electron chi connectivity index (χ2n) is 7.81. The number of nitrogens with zero attached hydrogens (tertiary/aromatic N) is 1. The first-order valence-electron chi connectivity index (χ1n) is 10.4. The van der Waals surface area contributed by atoms with E-state index in [2.05, 4.69) is 56.2 Å². The summed E-state index contributed by atoms with van der Waals surface area (Å²) in [6, 6.07) is 1.69. The molecule has 7 heteroatoms. The van der Waals surface area contributed by atoms with Crippen LogP contribution < -0.4 is 5.32 Å². The van der Waals surface area contributed by atoms with Crippen LogP contribution in [0.25, 0.3) is 0 Å². The summed E-state index contributed by atoms with van der Waals surface area (Å²) in [5.74, 6) is 1.55. The highest BCUT2D eigenvalue weighted by molar-refractivity contribution is 7.99. The number of halogens is 3. The van der Waals surface area contributed by atoms with Gasteiger partial charge in [0.25, 0.3) is 0 Å². The Morgan fingerprint density at radius 3 is 2.26 bits per heavy atom. The fourth-order valence-corrected chi connectivity index (χ4v) is 3.64. The molecular formula is C24H33F3N2OS. The first-order valence-corrected chi connectivity index (χ1v) is 11.5. The molecule has 0 aliphatic rings. The predicted octanol–water partition coefficient (Wildman–Crippen LogP) is 7.23. The number of alkyl halides is 3. The largest absolute Gasteiger partial charge is 0.417 e. The number of carbonyl (C=O) groups is 1. The van der Waals surface area contributed by atoms with E-state index in [9.17, 15) is 18.0 Å². The smallest absolute Gasteiger partial charge is 0.360 e. The highest BCUT2D eigenvalue weighted by atomic mass is 32.2. The quantitative estimate of drug-likeness (QED) is 0.194. The molecule has 0 saturated heterocycles. The lowest BCUT2D eigenvalue weighted by Crippen LogP contribution is -2.24. The van der Waals surface area contributed by atoms with E-state index in [0.29, 0.717) is 5.75 Å². The summed E-state index contributed by atoms with van der Waals surface area (Å²) in [6.45, 7) is 8.51. The van der Waals surface area contributed by atoms with Crippen LogP contribution in [-0.2, 0) is 11.0 Å². The fraction of sp³-hybridized carbons (Fsp3) is 0.500. The van der Waals surface area contributed by atoms with Gasteiger partial charge in [-0.3, -0.25) is 0 Å². The van der Waals surface area contributed by atoms with Crippen molar-refractivity contribution in [2.45, 2.75) is 65.6 Å². The van der Waals surface area contributed by atoms with Gasteiger partial charge in [0.15, 0.2) is 0 Å². The van der Waals surface area contributed by atoms with Crippen molar-refractivity contribution in [1.82, 2.24) is 4.98 Å². The van der Waals surface area contributed by atoms with E-state index in [1.54, 1.807) is 11.8 Å². The number of aromatic nitrogens is 1. The molecule has 0 amide bonds. The number of allylic oxidation sites excluding steroid dienone is 5. The summed E-state index contributed by atoms with van der Waals surface area (Å²) in [4.78, 5) is 15.0. The van der Waals surface area contributed by atoms with Crippen LogP contribution in [0.5, 0.6) is 0 Å². The van der Waals surface area contributed by atoms with Gasteiger partial charge in [0.2, 0.25) is 0 Å². The number of carbonyl (C=O) groups excluding carboxylic acids is 1. The highest BCUT2D eigenvalue weighted by Gasteiger charge is 2.30. The average molecular weight is 455 g/mol. The summed E-state index contributed by atoms with van der Waals surface area (Å²) in [5.41, 5.74) is 3.26. The zero-order valence-electron chi connectivity index (χ0n) is 18.8. The molecule has 1 rings (SSSR count). The number of rotatable bonds is 13. The third-order valence-corrected chi connectivity index (χ3v) is 5.56. The number of hydrogen-bond acceptors (Lipinski definition) is 4. The molecule has 1 atom stereocenters. The van der Waals surface area contributed by atoms with E-state index >= 15 is 0 Å². The maximum Gasteiger partial charge on any atom is 0.417 e. The molecule has 3 nitrogen and oxygen atoms in total. The molecule has 1 aromatic heterocycles. The summed E-state index contributed by atoms with van der Waals surface area (Å²) < 4.78 is 37.7. The summed E-state index contributed by atoms with van der Waals surface area (Å²) in [6.07, 6.45) is 8.03. The molecule has 1 heterocycles. The molecule has 0 aliphatic heterocycles. The minimum absolute atomic E-state index is 0.254. The minimum atomic E-state index is -4.42. The van der Waals surface area contributed by atoms with Crippen molar-refractivity contribution in [2.24, 2.45) is 0 Å². The van der Waals surface area contributed by atoms with E-state index in [4.69, 9.17) is 0 Å². The summed E-state index contributed by atoms with van der Waals surface area (Å²) in [7, 11) is 0. The first kappa shape index (κ1) is 27.0. The molecule has 31 heavy (non-hydrogen) atoms. The zero-order valence-corrected chi connectivity index (χ0v) is 19.6. The van der Waals surface area contributed by atoms with Crippen molar-refractivity contribution in [3.8, 4) is 0 Å². The van der Waals surface area contributed by atoms with E-state index in [1.165, 1.54) is 22.8 Å². The van der Waals surface area contributed by atoms with Gasteiger partial charge in [-0.15, -0.1) is 0 Å². The number of anilines is 1. The normalized spacial score (nSPS) is 13.6. The molecular weight excluding hydrogens is 421 g/mol. The van der Waals surface area contributed by atoms with Crippen molar-refractivity contribution in [1.29, 1.82) is 0 Å². The van der Waals surface area contributed by atoms with Crippen LogP contribution in [0.15, 0.2) is 53.3 Å². The molecule has 0 aromatic carbocycles. The third kappa shape index (κ3) is 12.4. The van der Waals surface area contributed by atoms with Crippen LogP contribution in [-0.4, -0.2) is 28.8 Å². The van der Waals surface area contributed by atoms with Gasteiger partial charge in [0.1, 0.15) is 12.1 Å². The van der Waals surface area contributed by atoms with Crippen molar-refractivity contribution in [2.75, 3.05) is 16.8 Å². The summed E-state index contributed by atoms with van der Waals surface area (Å²) >= 11 is 1.59. The topological polar surface area (TPSA) is 42.0 Å². The van der Waals surface area contributed by atoms with E-state index in [1.807, 2.05) is 0 Å². The van der Waals surface area contributed by atoms with Crippen molar-refractivity contribution in [3.05, 3.63) is 58.8 Å². The molecule has 1 aromatic rings. The van der Waals surface area contributed by atoms with Gasteiger partial charge in [-0.1, -0.05) is 34.9 Å². The molecule has 0 saturated carbocycles. The van der Waals surface area contributed by atoms with Crippen molar-refractivity contribution >= 4 is 23.9 Å². The zero-order chi connectivity index (χ0) is 23.3. The average Bonchev–Trinajstić information content (AvgIpc) is 2.69. The van der Waals surface area contributed by atoms with Crippen LogP contribution in [0.3, 0.4) is 0 Å². The van der Waals surface area contributed by atoms with Gasteiger partial charge >= 0.3 is 6.18 Å². The molecule has 0 radical (unpaired) electrons. The minimum Gasteiger partial charge on any atom is -0.360 e. The maximum absolute atomic E-state index is 12.6. The Morgan fingerprint density at radius 2 is 1.71 bits per heavy atom. The van der Waals surface area contributed by atoms with Crippen LogP contribution >= 0.6 is 11.8 Å². The van der Waals surface area contributed by atoms with Gasteiger partial charge in [-0.05, 0) is 65.5 Å². The Bertz CT molecular complexity index is 764. The second kappa shape index (κ2) is 14.1. The van der Waals surface area contributed by atoms with E-state index < -0.39 is 17.8 Å². The SMILES string of the molecule is CC(C)=CCC/C(C)=C/CC/C(C)=C/CSCC(C=O)Nc1ccc(C(F)(F)F)cn1. The summed E-state index contributed by atoms with van der Waals surface area (Å²) in [5, 5.41) is 2.87. The lowest BCUT2D eigenvalue weighted by atomic mass is 10.1. The Kier molecular flexibility index (Phi) is 12.3. The van der Waals surface area contributed by atoms with E-state index in [-0.39, 0.29) is 5.82 Å². The van der Waals surface area contributed by atoms with Crippen LogP contribution in [0.1, 0.15) is 58.9 Å². The molecule has 0 aliphatic carbocycles. The highest BCUT2D eigenvalue weighted by Crippen LogP contribution is 2.28. The Labute approximate surface area is 188 Å². The standard InChI is InChI=1S/C24H33F3N2OS/c1-18(2)7-5-8-19(3)9-6-10-20(4)13-14-31-17-22(16-30)29-23-12-11-21(15-28-23)24(25,26)27/h7,9,11-13,15-16,22H,5-6,8,10,14,17H2,1-4H3,(H,28,29)/b19-9+,20-13+. The van der Waals surface area contributed by atoms with Gasteiger partial charge in [-0.25, -0.2) is 4.98 Å². The number of hydrogen-bond donors (Lipinski definition) is 1. The predicted molar refractivity (Wildman–Crippen MR) is 125 cm³/mol.